The smallest absolute Gasteiger partial charge is 0.146 e. The topological polar surface area (TPSA) is 56.7 Å². The quantitative estimate of drug-likeness (QED) is 0.921. The standard InChI is InChI=1S/C17H26N4/c1-4-5-13-6-8-14(9-7-13)21-12(3)11(2)15-16(18)19-10-20-17(15)21/h10,13-14H,4-9H2,1-3H3,(H2,18,19,20). The number of nitrogens with zero attached hydrogens (tertiary/aromatic N) is 3. The summed E-state index contributed by atoms with van der Waals surface area (Å²) in [6.45, 7) is 6.62. The van der Waals surface area contributed by atoms with E-state index >= 15 is 0 Å². The maximum absolute atomic E-state index is 6.07. The van der Waals surface area contributed by atoms with Crippen molar-refractivity contribution in [3.05, 3.63) is 17.6 Å². The van der Waals surface area contributed by atoms with Crippen LogP contribution in [0, 0.1) is 19.8 Å². The molecular formula is C17H26N4. The molecule has 0 aliphatic heterocycles. The molecule has 1 aliphatic rings. The molecular weight excluding hydrogens is 260 g/mol. The van der Waals surface area contributed by atoms with Crippen LogP contribution in [0.3, 0.4) is 0 Å². The average molecular weight is 286 g/mol. The highest BCUT2D eigenvalue weighted by Gasteiger charge is 2.26. The number of nitrogens with two attached hydrogens (primary N) is 1. The van der Waals surface area contributed by atoms with Crippen LogP contribution in [0.25, 0.3) is 11.0 Å². The van der Waals surface area contributed by atoms with E-state index in [9.17, 15) is 0 Å². The molecule has 2 N–H and O–H groups in total. The van der Waals surface area contributed by atoms with E-state index in [0.29, 0.717) is 11.9 Å². The van der Waals surface area contributed by atoms with Crippen molar-refractivity contribution in [1.29, 1.82) is 0 Å². The van der Waals surface area contributed by atoms with Gasteiger partial charge in [0.25, 0.3) is 0 Å². The Kier molecular flexibility index (Phi) is 3.87. The van der Waals surface area contributed by atoms with Gasteiger partial charge in [0.1, 0.15) is 17.8 Å². The van der Waals surface area contributed by atoms with Crippen LogP contribution in [-0.4, -0.2) is 14.5 Å². The summed E-state index contributed by atoms with van der Waals surface area (Å²) >= 11 is 0. The van der Waals surface area contributed by atoms with Crippen molar-refractivity contribution < 1.29 is 0 Å². The molecule has 0 radical (unpaired) electrons. The Labute approximate surface area is 126 Å². The third-order valence-corrected chi connectivity index (χ3v) is 5.24. The van der Waals surface area contributed by atoms with Gasteiger partial charge in [-0.3, -0.25) is 0 Å². The first-order chi connectivity index (χ1) is 10.1. The van der Waals surface area contributed by atoms with Crippen LogP contribution in [0.2, 0.25) is 0 Å². The summed E-state index contributed by atoms with van der Waals surface area (Å²) < 4.78 is 2.42. The van der Waals surface area contributed by atoms with E-state index in [-0.39, 0.29) is 0 Å². The first kappa shape index (κ1) is 14.4. The van der Waals surface area contributed by atoms with Gasteiger partial charge in [-0.25, -0.2) is 9.97 Å². The predicted molar refractivity (Wildman–Crippen MR) is 87.3 cm³/mol. The predicted octanol–water partition coefficient (Wildman–Crippen LogP) is 4.16. The van der Waals surface area contributed by atoms with E-state index in [1.54, 1.807) is 6.33 Å². The second kappa shape index (κ2) is 5.66. The summed E-state index contributed by atoms with van der Waals surface area (Å²) in [6, 6.07) is 0.573. The van der Waals surface area contributed by atoms with Crippen molar-refractivity contribution in [3.63, 3.8) is 0 Å². The second-order valence-corrected chi connectivity index (χ2v) is 6.50. The Balaban J connectivity index is 1.95. The minimum atomic E-state index is 0.573. The largest absolute Gasteiger partial charge is 0.383 e. The van der Waals surface area contributed by atoms with Crippen LogP contribution in [0.4, 0.5) is 5.82 Å². The van der Waals surface area contributed by atoms with Crippen molar-refractivity contribution >= 4 is 16.9 Å². The van der Waals surface area contributed by atoms with E-state index in [4.69, 9.17) is 5.73 Å². The van der Waals surface area contributed by atoms with Crippen LogP contribution in [-0.2, 0) is 0 Å². The Morgan fingerprint density at radius 3 is 2.57 bits per heavy atom. The molecule has 1 saturated carbocycles. The zero-order valence-electron chi connectivity index (χ0n) is 13.4. The fraction of sp³-hybridized carbons (Fsp3) is 0.647. The van der Waals surface area contributed by atoms with E-state index in [1.165, 1.54) is 49.8 Å². The summed E-state index contributed by atoms with van der Waals surface area (Å²) in [5, 5.41) is 1.05. The third-order valence-electron chi connectivity index (χ3n) is 5.24. The zero-order valence-corrected chi connectivity index (χ0v) is 13.4. The van der Waals surface area contributed by atoms with Gasteiger partial charge in [0, 0.05) is 11.7 Å². The fourth-order valence-corrected chi connectivity index (χ4v) is 4.00. The van der Waals surface area contributed by atoms with Crippen molar-refractivity contribution in [1.82, 2.24) is 14.5 Å². The molecule has 1 fully saturated rings. The molecule has 0 amide bonds. The number of aromatic nitrogens is 3. The Morgan fingerprint density at radius 1 is 1.19 bits per heavy atom. The molecule has 0 spiro atoms. The number of aryl methyl sites for hydroxylation is 1. The van der Waals surface area contributed by atoms with Crippen molar-refractivity contribution in [3.8, 4) is 0 Å². The lowest BCUT2D eigenvalue weighted by Gasteiger charge is -2.30. The minimum Gasteiger partial charge on any atom is -0.383 e. The van der Waals surface area contributed by atoms with Crippen LogP contribution in [0.1, 0.15) is 62.7 Å². The van der Waals surface area contributed by atoms with Gasteiger partial charge < -0.3 is 10.3 Å². The number of nitrogen functional groups attached to an aromatic ring is 1. The molecule has 2 aromatic rings. The summed E-state index contributed by atoms with van der Waals surface area (Å²) in [5.41, 5.74) is 9.63. The van der Waals surface area contributed by atoms with Gasteiger partial charge in [-0.15, -0.1) is 0 Å². The summed E-state index contributed by atoms with van der Waals surface area (Å²) in [6.07, 6.45) is 9.50. The van der Waals surface area contributed by atoms with Gasteiger partial charge in [-0.2, -0.15) is 0 Å². The summed E-state index contributed by atoms with van der Waals surface area (Å²) in [7, 11) is 0. The Hall–Kier alpha value is -1.58. The molecule has 21 heavy (non-hydrogen) atoms. The molecule has 114 valence electrons. The lowest BCUT2D eigenvalue weighted by Crippen LogP contribution is -2.19. The van der Waals surface area contributed by atoms with Gasteiger partial charge in [-0.05, 0) is 51.0 Å². The minimum absolute atomic E-state index is 0.573. The van der Waals surface area contributed by atoms with Crippen molar-refractivity contribution in [2.75, 3.05) is 5.73 Å². The second-order valence-electron chi connectivity index (χ2n) is 6.50. The van der Waals surface area contributed by atoms with Gasteiger partial charge in [0.15, 0.2) is 0 Å². The molecule has 4 nitrogen and oxygen atoms in total. The van der Waals surface area contributed by atoms with E-state index in [1.807, 2.05) is 0 Å². The molecule has 0 aromatic carbocycles. The molecule has 0 unspecified atom stereocenters. The highest BCUT2D eigenvalue weighted by molar-refractivity contribution is 5.90. The monoisotopic (exact) mass is 286 g/mol. The van der Waals surface area contributed by atoms with E-state index in [0.717, 1.165) is 17.0 Å². The Morgan fingerprint density at radius 2 is 1.90 bits per heavy atom. The normalized spacial score (nSPS) is 22.8. The number of fused-ring (bicyclic) bond motifs is 1. The lowest BCUT2D eigenvalue weighted by atomic mass is 9.83. The Bertz CT molecular complexity index is 636. The SMILES string of the molecule is CCCC1CCC(n2c(C)c(C)c3c(N)ncnc32)CC1. The highest BCUT2D eigenvalue weighted by atomic mass is 15.1. The maximum atomic E-state index is 6.07. The van der Waals surface area contributed by atoms with Crippen LogP contribution < -0.4 is 5.73 Å². The highest BCUT2D eigenvalue weighted by Crippen LogP contribution is 2.38. The molecule has 0 atom stereocenters. The molecule has 1 aliphatic carbocycles. The van der Waals surface area contributed by atoms with E-state index < -0.39 is 0 Å². The average Bonchev–Trinajstić information content (AvgIpc) is 2.74. The number of hydrogen-bond donors (Lipinski definition) is 1. The van der Waals surface area contributed by atoms with Crippen LogP contribution in [0.5, 0.6) is 0 Å². The summed E-state index contributed by atoms with van der Waals surface area (Å²) in [4.78, 5) is 8.68. The van der Waals surface area contributed by atoms with Gasteiger partial charge >= 0.3 is 0 Å². The number of hydrogen-bond acceptors (Lipinski definition) is 3. The first-order valence-corrected chi connectivity index (χ1v) is 8.21. The summed E-state index contributed by atoms with van der Waals surface area (Å²) in [5.74, 6) is 1.54. The van der Waals surface area contributed by atoms with Crippen LogP contribution in [0.15, 0.2) is 6.33 Å². The van der Waals surface area contributed by atoms with Gasteiger partial charge in [0.2, 0.25) is 0 Å². The van der Waals surface area contributed by atoms with Crippen molar-refractivity contribution in [2.24, 2.45) is 5.92 Å². The zero-order chi connectivity index (χ0) is 15.0. The molecule has 0 saturated heterocycles. The van der Waals surface area contributed by atoms with Gasteiger partial charge in [0.05, 0.1) is 5.39 Å². The van der Waals surface area contributed by atoms with Crippen LogP contribution >= 0.6 is 0 Å². The molecule has 0 bridgehead atoms. The lowest BCUT2D eigenvalue weighted by molar-refractivity contribution is 0.264. The number of rotatable bonds is 3. The first-order valence-electron chi connectivity index (χ1n) is 8.21. The fourth-order valence-electron chi connectivity index (χ4n) is 4.00. The van der Waals surface area contributed by atoms with Gasteiger partial charge in [-0.1, -0.05) is 19.8 Å². The molecule has 3 rings (SSSR count). The van der Waals surface area contributed by atoms with Crippen molar-refractivity contribution in [2.45, 2.75) is 65.3 Å². The molecule has 2 heterocycles. The van der Waals surface area contributed by atoms with E-state index in [2.05, 4.69) is 35.3 Å². The number of anilines is 1. The molecule has 2 aromatic heterocycles. The molecule has 4 heteroatoms. The third kappa shape index (κ3) is 2.41. The maximum Gasteiger partial charge on any atom is 0.146 e.